The Labute approximate surface area is 130 Å². The van der Waals surface area contributed by atoms with E-state index in [4.69, 9.17) is 0 Å². The van der Waals surface area contributed by atoms with Crippen LogP contribution in [0.15, 0.2) is 60.7 Å². The van der Waals surface area contributed by atoms with Crippen LogP contribution in [0, 0.1) is 5.21 Å². The summed E-state index contributed by atoms with van der Waals surface area (Å²) in [5.74, 6) is 0. The maximum Gasteiger partial charge on any atom is 0.144 e. The van der Waals surface area contributed by atoms with Gasteiger partial charge < -0.3 is 20.1 Å². The molecule has 2 aromatic carbocycles. The van der Waals surface area contributed by atoms with Crippen LogP contribution in [0.3, 0.4) is 0 Å². The van der Waals surface area contributed by atoms with Crippen molar-refractivity contribution in [1.29, 1.82) is 0 Å². The number of nitrogens with zero attached hydrogens (tertiary/aromatic N) is 1. The van der Waals surface area contributed by atoms with Crippen molar-refractivity contribution in [2.24, 2.45) is 0 Å². The van der Waals surface area contributed by atoms with Crippen LogP contribution in [0.1, 0.15) is 24.1 Å². The largest absolute Gasteiger partial charge is 0.632 e. The molecule has 0 spiro atoms. The van der Waals surface area contributed by atoms with Gasteiger partial charge in [-0.25, -0.2) is 0 Å². The highest BCUT2D eigenvalue weighted by molar-refractivity contribution is 5.22. The lowest BCUT2D eigenvalue weighted by Crippen LogP contribution is -2.48. The van der Waals surface area contributed by atoms with Gasteiger partial charge in [0.25, 0.3) is 0 Å². The fraction of sp³-hybridized carbons (Fsp3) is 0.333. The molecule has 3 rings (SSSR count). The Bertz CT molecular complexity index is 619. The first-order chi connectivity index (χ1) is 10.5. The summed E-state index contributed by atoms with van der Waals surface area (Å²) in [5.41, 5.74) is 1.68. The summed E-state index contributed by atoms with van der Waals surface area (Å²) >= 11 is 0. The first kappa shape index (κ1) is 15.2. The van der Waals surface area contributed by atoms with E-state index in [2.05, 4.69) is 0 Å². The highest BCUT2D eigenvalue weighted by Crippen LogP contribution is 2.44. The second-order valence-corrected chi connectivity index (χ2v) is 6.08. The zero-order chi connectivity index (χ0) is 15.7. The Morgan fingerprint density at radius 1 is 0.909 bits per heavy atom. The highest BCUT2D eigenvalue weighted by atomic mass is 16.6. The molecular weight excluding hydrogens is 278 g/mol. The zero-order valence-electron chi connectivity index (χ0n) is 12.5. The van der Waals surface area contributed by atoms with Gasteiger partial charge in [0.2, 0.25) is 0 Å². The van der Waals surface area contributed by atoms with Crippen LogP contribution in [0.5, 0.6) is 0 Å². The number of hydrogen-bond donors (Lipinski definition) is 2. The van der Waals surface area contributed by atoms with E-state index in [9.17, 15) is 15.4 Å². The average Bonchev–Trinajstić information content (AvgIpc) is 2.70. The number of hydrogen-bond acceptors (Lipinski definition) is 3. The summed E-state index contributed by atoms with van der Waals surface area (Å²) in [6.07, 6.45) is -2.08. The van der Waals surface area contributed by atoms with E-state index in [0.29, 0.717) is 0 Å². The van der Waals surface area contributed by atoms with Crippen molar-refractivity contribution in [2.45, 2.75) is 37.8 Å². The van der Waals surface area contributed by atoms with Gasteiger partial charge in [0.1, 0.15) is 30.8 Å². The van der Waals surface area contributed by atoms with E-state index in [1.165, 1.54) is 0 Å². The van der Waals surface area contributed by atoms with Crippen LogP contribution in [0.2, 0.25) is 0 Å². The molecule has 1 heterocycles. The van der Waals surface area contributed by atoms with E-state index in [1.807, 2.05) is 60.7 Å². The van der Waals surface area contributed by atoms with Gasteiger partial charge in [0.15, 0.2) is 0 Å². The Hall–Kier alpha value is -1.72. The van der Waals surface area contributed by atoms with E-state index in [-0.39, 0.29) is 6.54 Å². The van der Waals surface area contributed by atoms with Crippen LogP contribution in [-0.4, -0.2) is 33.1 Å². The van der Waals surface area contributed by atoms with E-state index < -0.39 is 28.9 Å². The van der Waals surface area contributed by atoms with Crippen molar-refractivity contribution in [3.8, 4) is 0 Å². The predicted molar refractivity (Wildman–Crippen MR) is 84.4 cm³/mol. The molecule has 4 nitrogen and oxygen atoms in total. The Morgan fingerprint density at radius 3 is 2.05 bits per heavy atom. The molecule has 0 aliphatic carbocycles. The molecule has 1 saturated heterocycles. The van der Waals surface area contributed by atoms with Gasteiger partial charge in [-0.15, -0.1) is 0 Å². The molecular formula is C18H21NO3. The number of aliphatic hydroxyl groups is 2. The minimum atomic E-state index is -1.06. The van der Waals surface area contributed by atoms with Gasteiger partial charge in [-0.1, -0.05) is 60.7 Å². The summed E-state index contributed by atoms with van der Waals surface area (Å²) in [4.78, 5) is 0. The fourth-order valence-electron chi connectivity index (χ4n) is 3.45. The molecule has 4 heteroatoms. The number of quaternary nitrogens is 1. The summed E-state index contributed by atoms with van der Waals surface area (Å²) in [7, 11) is 0. The maximum atomic E-state index is 13.6. The smallest absolute Gasteiger partial charge is 0.144 e. The molecule has 2 aromatic rings. The SMILES string of the molecule is C[C@@H]1[C@@H](O)[C@@H](O)[C@@H](c2ccccc2)[N@@+]1([O-])Cc1ccccc1. The van der Waals surface area contributed by atoms with Crippen molar-refractivity contribution in [3.63, 3.8) is 0 Å². The average molecular weight is 299 g/mol. The molecule has 116 valence electrons. The second kappa shape index (κ2) is 5.82. The molecule has 0 unspecified atom stereocenters. The van der Waals surface area contributed by atoms with Crippen molar-refractivity contribution in [3.05, 3.63) is 77.0 Å². The van der Waals surface area contributed by atoms with Gasteiger partial charge in [0, 0.05) is 11.1 Å². The van der Waals surface area contributed by atoms with Crippen molar-refractivity contribution in [1.82, 2.24) is 0 Å². The van der Waals surface area contributed by atoms with Gasteiger partial charge in [-0.2, -0.15) is 0 Å². The van der Waals surface area contributed by atoms with Crippen molar-refractivity contribution >= 4 is 0 Å². The molecule has 1 fully saturated rings. The molecule has 1 aliphatic rings. The summed E-state index contributed by atoms with van der Waals surface area (Å²) < 4.78 is -0.643. The van der Waals surface area contributed by atoms with Crippen LogP contribution >= 0.6 is 0 Å². The van der Waals surface area contributed by atoms with E-state index >= 15 is 0 Å². The predicted octanol–water partition coefficient (Wildman–Crippen LogP) is 2.37. The molecule has 22 heavy (non-hydrogen) atoms. The van der Waals surface area contributed by atoms with E-state index in [0.717, 1.165) is 11.1 Å². The Morgan fingerprint density at radius 2 is 1.45 bits per heavy atom. The van der Waals surface area contributed by atoms with Crippen LogP contribution in [-0.2, 0) is 6.54 Å². The van der Waals surface area contributed by atoms with E-state index in [1.54, 1.807) is 6.92 Å². The Balaban J connectivity index is 2.01. The number of likely N-dealkylation sites (tertiary alicyclic amines) is 1. The maximum absolute atomic E-state index is 13.6. The lowest BCUT2D eigenvalue weighted by molar-refractivity contribution is -0.935. The zero-order valence-corrected chi connectivity index (χ0v) is 12.5. The molecule has 0 amide bonds. The van der Waals surface area contributed by atoms with Crippen molar-refractivity contribution in [2.75, 3.05) is 0 Å². The van der Waals surface area contributed by atoms with Gasteiger partial charge >= 0.3 is 0 Å². The third-order valence-corrected chi connectivity index (χ3v) is 4.74. The molecule has 0 bridgehead atoms. The molecule has 0 aromatic heterocycles. The molecule has 0 saturated carbocycles. The molecule has 2 N–H and O–H groups in total. The summed E-state index contributed by atoms with van der Waals surface area (Å²) in [6, 6.07) is 17.5. The normalized spacial score (nSPS) is 34.7. The topological polar surface area (TPSA) is 63.5 Å². The van der Waals surface area contributed by atoms with Crippen molar-refractivity contribution < 1.29 is 14.9 Å². The van der Waals surface area contributed by atoms with Crippen LogP contribution in [0.4, 0.5) is 0 Å². The minimum Gasteiger partial charge on any atom is -0.632 e. The second-order valence-electron chi connectivity index (χ2n) is 6.08. The third kappa shape index (κ3) is 2.44. The monoisotopic (exact) mass is 299 g/mol. The third-order valence-electron chi connectivity index (χ3n) is 4.74. The van der Waals surface area contributed by atoms with Gasteiger partial charge in [-0.05, 0) is 6.92 Å². The molecule has 5 atom stereocenters. The minimum absolute atomic E-state index is 0.232. The fourth-order valence-corrected chi connectivity index (χ4v) is 3.45. The van der Waals surface area contributed by atoms with Crippen LogP contribution < -0.4 is 0 Å². The highest BCUT2D eigenvalue weighted by Gasteiger charge is 2.54. The number of aliphatic hydroxyl groups excluding tert-OH is 2. The number of benzene rings is 2. The summed E-state index contributed by atoms with van der Waals surface area (Å²) in [6.45, 7) is 1.95. The van der Waals surface area contributed by atoms with Crippen LogP contribution in [0.25, 0.3) is 0 Å². The standard InChI is InChI=1S/C18H21NO3/c1-13-17(20)18(21)16(15-10-6-3-7-11-15)19(13,22)12-14-8-4-2-5-9-14/h2-11,13,16-18,20-21H,12H2,1H3/t13-,16-,17-,18+,19-/m1/s1. The molecule has 0 radical (unpaired) electrons. The summed E-state index contributed by atoms with van der Waals surface area (Å²) in [5, 5.41) is 34.2. The molecule has 1 aliphatic heterocycles. The van der Waals surface area contributed by atoms with Gasteiger partial charge in [-0.3, -0.25) is 0 Å². The number of hydroxylamine groups is 3. The van der Waals surface area contributed by atoms with Gasteiger partial charge in [0.05, 0.1) is 0 Å². The number of rotatable bonds is 3. The Kier molecular flexibility index (Phi) is 4.02. The first-order valence-electron chi connectivity index (χ1n) is 7.57. The lowest BCUT2D eigenvalue weighted by Gasteiger charge is -2.48. The lowest BCUT2D eigenvalue weighted by atomic mass is 10.0. The first-order valence-corrected chi connectivity index (χ1v) is 7.57. The quantitative estimate of drug-likeness (QED) is 0.675.